The van der Waals surface area contributed by atoms with Crippen LogP contribution in [0.4, 0.5) is 0 Å². The van der Waals surface area contributed by atoms with Gasteiger partial charge in [0.2, 0.25) is 0 Å². The lowest BCUT2D eigenvalue weighted by molar-refractivity contribution is 0.765. The second kappa shape index (κ2) is 4.07. The second-order valence-electron chi connectivity index (χ2n) is 2.88. The van der Waals surface area contributed by atoms with Crippen molar-refractivity contribution in [3.05, 3.63) is 48.0 Å². The summed E-state index contributed by atoms with van der Waals surface area (Å²) in [6.07, 6.45) is 0. The maximum absolute atomic E-state index is 3.31. The number of aryl methyl sites for hydroxylation is 1. The molecule has 0 aliphatic carbocycles. The van der Waals surface area contributed by atoms with E-state index in [1.54, 1.807) is 0 Å². The van der Waals surface area contributed by atoms with E-state index < -0.39 is 0 Å². The monoisotopic (exact) mass is 161 g/mol. The van der Waals surface area contributed by atoms with E-state index >= 15 is 0 Å². The minimum atomic E-state index is 1.05. The van der Waals surface area contributed by atoms with Crippen LogP contribution in [0.1, 0.15) is 16.7 Å². The summed E-state index contributed by atoms with van der Waals surface area (Å²) in [5.74, 6) is 0. The Kier molecular flexibility index (Phi) is 3.06. The number of benzene rings is 1. The van der Waals surface area contributed by atoms with Crippen molar-refractivity contribution >= 4 is 0 Å². The van der Waals surface area contributed by atoms with Crippen molar-refractivity contribution in [3.63, 3.8) is 0 Å². The molecule has 1 heteroatoms. The molecule has 0 atom stereocenters. The molecule has 1 aromatic carbocycles. The van der Waals surface area contributed by atoms with Crippen molar-refractivity contribution < 1.29 is 0 Å². The Morgan fingerprint density at radius 3 is 2.58 bits per heavy atom. The third kappa shape index (κ3) is 1.74. The average molecular weight is 161 g/mol. The molecule has 2 rings (SSSR count). The summed E-state index contributed by atoms with van der Waals surface area (Å²) in [6, 6.07) is 6.64. The molecule has 0 radical (unpaired) electrons. The molecule has 0 aromatic heterocycles. The predicted octanol–water partition coefficient (Wildman–Crippen LogP) is 2.40. The normalized spacial score (nSPS) is 13.1. The minimum absolute atomic E-state index is 1.05. The standard InChI is InChI=1S/C9H11N.C2H4/c1-7-2-3-8-5-10-6-9(8)4-7;1-2/h2-4,10H,5-6H2,1H3;1-2H2. The topological polar surface area (TPSA) is 12.0 Å². The zero-order valence-corrected chi connectivity index (χ0v) is 7.56. The van der Waals surface area contributed by atoms with Gasteiger partial charge in [0.25, 0.3) is 0 Å². The van der Waals surface area contributed by atoms with Gasteiger partial charge >= 0.3 is 0 Å². The molecule has 0 unspecified atom stereocenters. The third-order valence-corrected chi connectivity index (χ3v) is 1.99. The van der Waals surface area contributed by atoms with Crippen molar-refractivity contribution in [1.82, 2.24) is 5.32 Å². The van der Waals surface area contributed by atoms with E-state index in [1.165, 1.54) is 16.7 Å². The van der Waals surface area contributed by atoms with Gasteiger partial charge in [-0.1, -0.05) is 23.8 Å². The summed E-state index contributed by atoms with van der Waals surface area (Å²) in [6.45, 7) is 10.2. The van der Waals surface area contributed by atoms with E-state index in [2.05, 4.69) is 43.6 Å². The van der Waals surface area contributed by atoms with E-state index in [0.717, 1.165) is 13.1 Å². The molecule has 1 aliphatic rings. The number of fused-ring (bicyclic) bond motifs is 1. The summed E-state index contributed by atoms with van der Waals surface area (Å²) in [4.78, 5) is 0. The highest BCUT2D eigenvalue weighted by molar-refractivity contribution is 5.33. The predicted molar refractivity (Wildman–Crippen MR) is 53.0 cm³/mol. The van der Waals surface area contributed by atoms with Crippen LogP contribution in [0.3, 0.4) is 0 Å². The highest BCUT2D eigenvalue weighted by atomic mass is 14.9. The van der Waals surface area contributed by atoms with Gasteiger partial charge in [-0.3, -0.25) is 0 Å². The van der Waals surface area contributed by atoms with E-state index in [9.17, 15) is 0 Å². The van der Waals surface area contributed by atoms with Crippen LogP contribution in [-0.2, 0) is 13.1 Å². The Bertz CT molecular complexity index is 266. The Labute approximate surface area is 74.1 Å². The van der Waals surface area contributed by atoms with E-state index in [-0.39, 0.29) is 0 Å². The largest absolute Gasteiger partial charge is 0.309 e. The zero-order chi connectivity index (χ0) is 8.97. The van der Waals surface area contributed by atoms with Crippen molar-refractivity contribution in [2.75, 3.05) is 0 Å². The molecule has 1 aromatic rings. The molecule has 0 fully saturated rings. The van der Waals surface area contributed by atoms with Gasteiger partial charge in [-0.15, -0.1) is 13.2 Å². The first-order chi connectivity index (χ1) is 5.86. The number of hydrogen-bond donors (Lipinski definition) is 1. The van der Waals surface area contributed by atoms with Gasteiger partial charge in [-0.05, 0) is 18.1 Å². The maximum Gasteiger partial charge on any atom is 0.0212 e. The fourth-order valence-electron chi connectivity index (χ4n) is 1.42. The lowest BCUT2D eigenvalue weighted by Crippen LogP contribution is -1.99. The third-order valence-electron chi connectivity index (χ3n) is 1.99. The number of rotatable bonds is 0. The first kappa shape index (κ1) is 9.01. The zero-order valence-electron chi connectivity index (χ0n) is 7.56. The molecule has 1 N–H and O–H groups in total. The smallest absolute Gasteiger partial charge is 0.0212 e. The van der Waals surface area contributed by atoms with Gasteiger partial charge in [0, 0.05) is 13.1 Å². The van der Waals surface area contributed by atoms with Gasteiger partial charge in [0.1, 0.15) is 0 Å². The Morgan fingerprint density at radius 2 is 1.83 bits per heavy atom. The van der Waals surface area contributed by atoms with Gasteiger partial charge in [-0.25, -0.2) is 0 Å². The lowest BCUT2D eigenvalue weighted by atomic mass is 10.1. The Hall–Kier alpha value is -1.08. The molecule has 64 valence electrons. The van der Waals surface area contributed by atoms with Crippen LogP contribution in [0.2, 0.25) is 0 Å². The number of hydrogen-bond acceptors (Lipinski definition) is 1. The fraction of sp³-hybridized carbons (Fsp3) is 0.273. The summed E-state index contributed by atoms with van der Waals surface area (Å²) in [5.41, 5.74) is 4.30. The van der Waals surface area contributed by atoms with Crippen molar-refractivity contribution in [1.29, 1.82) is 0 Å². The quantitative estimate of drug-likeness (QED) is 0.576. The van der Waals surface area contributed by atoms with Gasteiger partial charge in [-0.2, -0.15) is 0 Å². The van der Waals surface area contributed by atoms with Crippen LogP contribution >= 0.6 is 0 Å². The van der Waals surface area contributed by atoms with Crippen LogP contribution < -0.4 is 5.32 Å². The fourth-order valence-corrected chi connectivity index (χ4v) is 1.42. The van der Waals surface area contributed by atoms with Crippen molar-refractivity contribution in [2.45, 2.75) is 20.0 Å². The highest BCUT2D eigenvalue weighted by Crippen LogP contribution is 2.15. The van der Waals surface area contributed by atoms with E-state index in [4.69, 9.17) is 0 Å². The molecular weight excluding hydrogens is 146 g/mol. The molecule has 0 amide bonds. The minimum Gasteiger partial charge on any atom is -0.309 e. The first-order valence-corrected chi connectivity index (χ1v) is 4.15. The summed E-state index contributed by atoms with van der Waals surface area (Å²) in [5, 5.41) is 3.31. The van der Waals surface area contributed by atoms with Gasteiger partial charge in [0.15, 0.2) is 0 Å². The highest BCUT2D eigenvalue weighted by Gasteiger charge is 2.07. The molecular formula is C11H15N. The van der Waals surface area contributed by atoms with Crippen LogP contribution in [0.25, 0.3) is 0 Å². The Balaban J connectivity index is 0.000000336. The summed E-state index contributed by atoms with van der Waals surface area (Å²) < 4.78 is 0. The molecule has 0 saturated carbocycles. The molecule has 1 aliphatic heterocycles. The van der Waals surface area contributed by atoms with Gasteiger partial charge in [0.05, 0.1) is 0 Å². The molecule has 0 bridgehead atoms. The van der Waals surface area contributed by atoms with Crippen LogP contribution in [0, 0.1) is 6.92 Å². The van der Waals surface area contributed by atoms with Gasteiger partial charge < -0.3 is 5.32 Å². The van der Waals surface area contributed by atoms with Crippen molar-refractivity contribution in [2.24, 2.45) is 0 Å². The molecule has 1 heterocycles. The second-order valence-corrected chi connectivity index (χ2v) is 2.88. The molecule has 1 nitrogen and oxygen atoms in total. The summed E-state index contributed by atoms with van der Waals surface area (Å²) in [7, 11) is 0. The maximum atomic E-state index is 3.31. The van der Waals surface area contributed by atoms with Crippen molar-refractivity contribution in [3.8, 4) is 0 Å². The van der Waals surface area contributed by atoms with Crippen LogP contribution in [0.15, 0.2) is 31.4 Å². The number of nitrogens with one attached hydrogen (secondary N) is 1. The Morgan fingerprint density at radius 1 is 1.17 bits per heavy atom. The average Bonchev–Trinajstić information content (AvgIpc) is 2.54. The van der Waals surface area contributed by atoms with E-state index in [0.29, 0.717) is 0 Å². The SMILES string of the molecule is C=C.Cc1ccc2c(c1)CNC2. The van der Waals surface area contributed by atoms with Crippen LogP contribution in [0.5, 0.6) is 0 Å². The first-order valence-electron chi connectivity index (χ1n) is 4.15. The lowest BCUT2D eigenvalue weighted by Gasteiger charge is -1.97. The van der Waals surface area contributed by atoms with Crippen LogP contribution in [-0.4, -0.2) is 0 Å². The molecule has 0 saturated heterocycles. The van der Waals surface area contributed by atoms with E-state index in [1.807, 2.05) is 0 Å². The molecule has 12 heavy (non-hydrogen) atoms. The molecule has 0 spiro atoms. The summed E-state index contributed by atoms with van der Waals surface area (Å²) >= 11 is 0.